The van der Waals surface area contributed by atoms with Crippen LogP contribution in [-0.2, 0) is 5.60 Å². The van der Waals surface area contributed by atoms with Gasteiger partial charge in [0.15, 0.2) is 5.82 Å². The summed E-state index contributed by atoms with van der Waals surface area (Å²) < 4.78 is 66.1. The van der Waals surface area contributed by atoms with Gasteiger partial charge in [0.05, 0.1) is 24.8 Å². The van der Waals surface area contributed by atoms with Crippen LogP contribution in [0.5, 0.6) is 0 Å². The van der Waals surface area contributed by atoms with Gasteiger partial charge in [0.1, 0.15) is 30.2 Å². The first-order valence-corrected chi connectivity index (χ1v) is 7.25. The normalized spacial score (nSPS) is 20.2. The minimum atomic E-state index is -2.99. The molecule has 0 amide bonds. The quantitative estimate of drug-likeness (QED) is 0.855. The summed E-state index contributed by atoms with van der Waals surface area (Å²) in [5.74, 6) is -5.14. The van der Waals surface area contributed by atoms with Crippen LogP contribution in [0.3, 0.4) is 0 Å². The van der Waals surface area contributed by atoms with Gasteiger partial charge in [-0.3, -0.25) is 4.99 Å². The number of nitrogens with one attached hydrogen (secondary N) is 1. The van der Waals surface area contributed by atoms with E-state index in [9.17, 15) is 18.3 Å². The van der Waals surface area contributed by atoms with Gasteiger partial charge in [-0.15, -0.1) is 0 Å². The van der Waals surface area contributed by atoms with Crippen molar-refractivity contribution in [3.8, 4) is 0 Å². The summed E-state index contributed by atoms with van der Waals surface area (Å²) in [6, 6.07) is 2.32. The summed E-state index contributed by atoms with van der Waals surface area (Å²) in [5, 5.41) is 12.8. The lowest BCUT2D eigenvalue weighted by Gasteiger charge is -2.37. The minimum absolute atomic E-state index is 0.0328. The Kier molecular flexibility index (Phi) is 3.72. The van der Waals surface area contributed by atoms with Crippen LogP contribution in [0.25, 0.3) is 0 Å². The number of aliphatic imine (C=N–C) groups is 1. The molecule has 0 aliphatic carbocycles. The maximum absolute atomic E-state index is 14.6. The first-order valence-electron chi connectivity index (χ1n) is 8.75. The van der Waals surface area contributed by atoms with Crippen molar-refractivity contribution in [1.29, 1.82) is 0 Å². The lowest BCUT2D eigenvalue weighted by Crippen LogP contribution is -2.48. The molecule has 0 saturated heterocycles. The highest BCUT2D eigenvalue weighted by Gasteiger charge is 2.42. The van der Waals surface area contributed by atoms with Crippen LogP contribution in [0.15, 0.2) is 35.7 Å². The molecule has 25 heavy (non-hydrogen) atoms. The van der Waals surface area contributed by atoms with Crippen molar-refractivity contribution >= 4 is 6.34 Å². The number of rotatable bonds is 5. The van der Waals surface area contributed by atoms with Crippen molar-refractivity contribution < 1.29 is 22.4 Å². The fourth-order valence-electron chi connectivity index (χ4n) is 2.62. The highest BCUT2D eigenvalue weighted by Crippen LogP contribution is 2.39. The van der Waals surface area contributed by atoms with Gasteiger partial charge in [0, 0.05) is 21.7 Å². The molecule has 0 saturated carbocycles. The first kappa shape index (κ1) is 13.7. The van der Waals surface area contributed by atoms with E-state index in [4.69, 9.17) is 4.11 Å². The predicted molar refractivity (Wildman–Crippen MR) is 83.9 cm³/mol. The molecule has 2 N–H and O–H groups in total. The molecule has 1 aromatic heterocycles. The van der Waals surface area contributed by atoms with Crippen LogP contribution in [0.2, 0.25) is 0 Å². The van der Waals surface area contributed by atoms with Gasteiger partial charge in [-0.25, -0.2) is 23.1 Å². The second kappa shape index (κ2) is 6.77. The summed E-state index contributed by atoms with van der Waals surface area (Å²) in [5.41, 5.74) is -0.977. The standard InChI is InChI=1S/C16H16F3N5O/c1-10(15-14(19)5-20-7-22-15)16(25,6-24-9-21-8-23-24)12-3-2-11(17)4-13(12)18/h2-5,7-8,10,25H,6,9H2,1H3,(H,21,23)/t10-,16+/m0/s1/i1D3. The molecule has 2 heterocycles. The van der Waals surface area contributed by atoms with Gasteiger partial charge in [0.2, 0.25) is 0 Å². The van der Waals surface area contributed by atoms with Crippen molar-refractivity contribution in [3.05, 3.63) is 59.4 Å². The fraction of sp³-hybridized carbons (Fsp3) is 0.312. The molecule has 2 aromatic rings. The molecule has 132 valence electrons. The average Bonchev–Trinajstić information content (AvgIpc) is 3.08. The summed E-state index contributed by atoms with van der Waals surface area (Å²) in [6.45, 7) is -3.46. The molecule has 9 heteroatoms. The maximum Gasteiger partial charge on any atom is 0.163 e. The van der Waals surface area contributed by atoms with Crippen molar-refractivity contribution in [1.82, 2.24) is 20.4 Å². The van der Waals surface area contributed by atoms with E-state index in [1.54, 1.807) is 0 Å². The minimum Gasteiger partial charge on any atom is -0.383 e. The molecule has 2 atom stereocenters. The molecular formula is C16H16F3N5O. The molecule has 6 nitrogen and oxygen atoms in total. The summed E-state index contributed by atoms with van der Waals surface area (Å²) >= 11 is 0. The van der Waals surface area contributed by atoms with Crippen molar-refractivity contribution in [3.63, 3.8) is 0 Å². The highest BCUT2D eigenvalue weighted by molar-refractivity contribution is 5.55. The smallest absolute Gasteiger partial charge is 0.163 e. The van der Waals surface area contributed by atoms with Crippen LogP contribution in [-0.4, -0.2) is 39.6 Å². The highest BCUT2D eigenvalue weighted by atomic mass is 19.1. The summed E-state index contributed by atoms with van der Waals surface area (Å²) in [4.78, 5) is 11.0. The van der Waals surface area contributed by atoms with Crippen LogP contribution < -0.4 is 5.43 Å². The van der Waals surface area contributed by atoms with Crippen LogP contribution >= 0.6 is 0 Å². The number of aliphatic hydroxyl groups is 1. The summed E-state index contributed by atoms with van der Waals surface area (Å²) in [7, 11) is 0. The zero-order valence-corrected chi connectivity index (χ0v) is 12.8. The predicted octanol–water partition coefficient (Wildman–Crippen LogP) is 1.69. The number of benzene rings is 1. The van der Waals surface area contributed by atoms with E-state index in [0.717, 1.165) is 24.7 Å². The lowest BCUT2D eigenvalue weighted by atomic mass is 9.79. The number of hydrogen-bond donors (Lipinski definition) is 2. The third-order valence-corrected chi connectivity index (χ3v) is 3.86. The van der Waals surface area contributed by atoms with E-state index in [2.05, 4.69) is 20.4 Å². The van der Waals surface area contributed by atoms with E-state index >= 15 is 0 Å². The van der Waals surface area contributed by atoms with Gasteiger partial charge in [-0.2, -0.15) is 5.01 Å². The monoisotopic (exact) mass is 354 g/mol. The number of nitrogens with zero attached hydrogens (tertiary/aromatic N) is 4. The number of aromatic nitrogens is 2. The topological polar surface area (TPSA) is 73.6 Å². The van der Waals surface area contributed by atoms with E-state index < -0.39 is 53.6 Å². The third kappa shape index (κ3) is 3.33. The second-order valence-corrected chi connectivity index (χ2v) is 5.52. The Bertz CT molecular complexity index is 890. The summed E-state index contributed by atoms with van der Waals surface area (Å²) in [6.07, 6.45) is 2.98. The second-order valence-electron chi connectivity index (χ2n) is 5.52. The number of halogens is 3. The Morgan fingerprint density at radius 3 is 2.88 bits per heavy atom. The number of hydrogen-bond acceptors (Lipinski definition) is 6. The van der Waals surface area contributed by atoms with E-state index in [1.807, 2.05) is 0 Å². The zero-order chi connectivity index (χ0) is 20.5. The van der Waals surface area contributed by atoms with Crippen molar-refractivity contribution in [2.75, 3.05) is 13.2 Å². The van der Waals surface area contributed by atoms with Gasteiger partial charge >= 0.3 is 0 Å². The van der Waals surface area contributed by atoms with E-state index in [1.165, 1.54) is 11.3 Å². The Labute approximate surface area is 146 Å². The van der Waals surface area contributed by atoms with Gasteiger partial charge in [-0.05, 0) is 6.07 Å². The van der Waals surface area contributed by atoms with Gasteiger partial charge < -0.3 is 10.5 Å². The van der Waals surface area contributed by atoms with Gasteiger partial charge in [-0.1, -0.05) is 12.9 Å². The van der Waals surface area contributed by atoms with Crippen molar-refractivity contribution in [2.45, 2.75) is 18.4 Å². The van der Waals surface area contributed by atoms with Gasteiger partial charge in [0.25, 0.3) is 0 Å². The maximum atomic E-state index is 14.6. The molecule has 0 spiro atoms. The Balaban J connectivity index is 2.21. The van der Waals surface area contributed by atoms with E-state index in [0.29, 0.717) is 6.07 Å². The molecule has 0 fully saturated rings. The molecule has 0 bridgehead atoms. The largest absolute Gasteiger partial charge is 0.383 e. The molecular weight excluding hydrogens is 335 g/mol. The van der Waals surface area contributed by atoms with Crippen LogP contribution in [0.4, 0.5) is 13.2 Å². The molecule has 0 radical (unpaired) electrons. The molecule has 1 aliphatic rings. The van der Waals surface area contributed by atoms with Crippen LogP contribution in [0, 0.1) is 17.5 Å². The lowest BCUT2D eigenvalue weighted by molar-refractivity contribution is -0.0292. The zero-order valence-electron chi connectivity index (χ0n) is 15.8. The Morgan fingerprint density at radius 1 is 1.40 bits per heavy atom. The SMILES string of the molecule is [2H]C([2H])([2H])[C@@H](c1ncncc1F)[C@](O)(CN1CN=CN1)c1ccc(F)cc1F. The van der Waals surface area contributed by atoms with Crippen molar-refractivity contribution in [2.24, 2.45) is 4.99 Å². The average molecular weight is 354 g/mol. The molecule has 1 aromatic carbocycles. The fourth-order valence-corrected chi connectivity index (χ4v) is 2.62. The number of hydrazine groups is 1. The molecule has 0 unspecified atom stereocenters. The first-order chi connectivity index (χ1) is 13.1. The third-order valence-electron chi connectivity index (χ3n) is 3.86. The number of β-amino-alcohol motifs (C(OH)–C–C–N with tert-alkyl or cyclic N) is 1. The Morgan fingerprint density at radius 2 is 2.24 bits per heavy atom. The molecule has 3 rings (SSSR count). The van der Waals surface area contributed by atoms with E-state index in [-0.39, 0.29) is 6.67 Å². The Hall–Kier alpha value is -2.52. The van der Waals surface area contributed by atoms with Crippen LogP contribution in [0.1, 0.15) is 28.1 Å². The molecule has 1 aliphatic heterocycles.